The van der Waals surface area contributed by atoms with Crippen molar-refractivity contribution in [1.82, 2.24) is 19.6 Å². The zero-order chi connectivity index (χ0) is 13.9. The summed E-state index contributed by atoms with van der Waals surface area (Å²) in [5, 5.41) is 20.6. The zero-order valence-electron chi connectivity index (χ0n) is 11.7. The Morgan fingerprint density at radius 2 is 2.00 bits per heavy atom. The minimum Gasteiger partial charge on any atom is -0.394 e. The number of aromatic nitrogens is 4. The van der Waals surface area contributed by atoms with E-state index in [1.54, 1.807) is 10.9 Å². The summed E-state index contributed by atoms with van der Waals surface area (Å²) in [6.07, 6.45) is 7.55. The number of anilines is 1. The van der Waals surface area contributed by atoms with E-state index in [9.17, 15) is 0 Å². The number of rotatable bonds is 5. The van der Waals surface area contributed by atoms with E-state index in [2.05, 4.69) is 36.3 Å². The van der Waals surface area contributed by atoms with Crippen LogP contribution in [-0.4, -0.2) is 31.3 Å². The molecule has 2 N–H and O–H groups in total. The maximum atomic E-state index is 8.82. The highest BCUT2D eigenvalue weighted by Crippen LogP contribution is 2.14. The van der Waals surface area contributed by atoms with Gasteiger partial charge in [-0.05, 0) is 20.8 Å². The van der Waals surface area contributed by atoms with Gasteiger partial charge in [0, 0.05) is 24.5 Å². The molecule has 6 heteroatoms. The van der Waals surface area contributed by atoms with Crippen LogP contribution in [0, 0.1) is 0 Å². The second-order valence-corrected chi connectivity index (χ2v) is 5.53. The van der Waals surface area contributed by atoms with Crippen molar-refractivity contribution >= 4 is 5.69 Å². The molecular weight excluding hydrogens is 242 g/mol. The molecule has 0 aliphatic heterocycles. The Morgan fingerprint density at radius 3 is 2.63 bits per heavy atom. The van der Waals surface area contributed by atoms with Crippen LogP contribution in [0.2, 0.25) is 0 Å². The number of hydrogen-bond donors (Lipinski definition) is 2. The molecule has 2 aromatic rings. The molecule has 0 saturated heterocycles. The third-order valence-corrected chi connectivity index (χ3v) is 2.78. The largest absolute Gasteiger partial charge is 0.394 e. The molecule has 0 aliphatic rings. The molecule has 0 aromatic carbocycles. The third kappa shape index (κ3) is 3.57. The maximum Gasteiger partial charge on any atom is 0.0729 e. The monoisotopic (exact) mass is 263 g/mol. The fourth-order valence-electron chi connectivity index (χ4n) is 1.70. The fourth-order valence-corrected chi connectivity index (χ4v) is 1.70. The molecule has 0 amide bonds. The lowest BCUT2D eigenvalue weighted by Gasteiger charge is -2.18. The second-order valence-electron chi connectivity index (χ2n) is 5.53. The lowest BCUT2D eigenvalue weighted by Crippen LogP contribution is -2.21. The van der Waals surface area contributed by atoms with Crippen LogP contribution in [0.3, 0.4) is 0 Å². The quantitative estimate of drug-likeness (QED) is 0.856. The van der Waals surface area contributed by atoms with E-state index in [0.29, 0.717) is 13.1 Å². The molecule has 0 aliphatic carbocycles. The van der Waals surface area contributed by atoms with Crippen LogP contribution in [0.25, 0.3) is 0 Å². The molecule has 0 saturated carbocycles. The van der Waals surface area contributed by atoms with Crippen molar-refractivity contribution in [2.45, 2.75) is 39.4 Å². The van der Waals surface area contributed by atoms with E-state index in [1.165, 1.54) is 0 Å². The molecular formula is C13H21N5O. The Balaban J connectivity index is 1.93. The first-order valence-electron chi connectivity index (χ1n) is 6.40. The van der Waals surface area contributed by atoms with Crippen molar-refractivity contribution in [1.29, 1.82) is 0 Å². The standard InChI is InChI=1S/C13H21N5O/c1-13(2,3)18-9-11(7-16-18)6-14-12-8-15-17(10-12)4-5-19/h7-10,14,19H,4-6H2,1-3H3. The highest BCUT2D eigenvalue weighted by atomic mass is 16.3. The van der Waals surface area contributed by atoms with Crippen LogP contribution in [0.1, 0.15) is 26.3 Å². The normalized spacial score (nSPS) is 11.8. The molecule has 0 atom stereocenters. The minimum absolute atomic E-state index is 0.00423. The van der Waals surface area contributed by atoms with Crippen LogP contribution in [0.5, 0.6) is 0 Å². The Morgan fingerprint density at radius 1 is 1.21 bits per heavy atom. The molecule has 0 bridgehead atoms. The topological polar surface area (TPSA) is 67.9 Å². The van der Waals surface area contributed by atoms with Crippen LogP contribution in [0.4, 0.5) is 5.69 Å². The van der Waals surface area contributed by atoms with Crippen molar-refractivity contribution in [3.05, 3.63) is 30.4 Å². The minimum atomic E-state index is 0.00423. The van der Waals surface area contributed by atoms with Gasteiger partial charge in [-0.2, -0.15) is 10.2 Å². The van der Waals surface area contributed by atoms with Crippen molar-refractivity contribution in [3.63, 3.8) is 0 Å². The van der Waals surface area contributed by atoms with Crippen molar-refractivity contribution in [2.75, 3.05) is 11.9 Å². The van der Waals surface area contributed by atoms with E-state index < -0.39 is 0 Å². The summed E-state index contributed by atoms with van der Waals surface area (Å²) < 4.78 is 3.67. The van der Waals surface area contributed by atoms with E-state index in [-0.39, 0.29) is 12.1 Å². The average Bonchev–Trinajstić information content (AvgIpc) is 2.94. The molecule has 0 spiro atoms. The number of nitrogens with zero attached hydrogens (tertiary/aromatic N) is 4. The SMILES string of the molecule is CC(C)(C)n1cc(CNc2cnn(CCO)c2)cn1. The summed E-state index contributed by atoms with van der Waals surface area (Å²) in [7, 11) is 0. The van der Waals surface area contributed by atoms with Gasteiger partial charge in [0.05, 0.1) is 36.8 Å². The third-order valence-electron chi connectivity index (χ3n) is 2.78. The average molecular weight is 263 g/mol. The maximum absolute atomic E-state index is 8.82. The van der Waals surface area contributed by atoms with Gasteiger partial charge < -0.3 is 10.4 Å². The van der Waals surface area contributed by atoms with Crippen LogP contribution < -0.4 is 5.32 Å². The van der Waals surface area contributed by atoms with Gasteiger partial charge in [0.1, 0.15) is 0 Å². The molecule has 0 fully saturated rings. The van der Waals surface area contributed by atoms with Gasteiger partial charge in [0.15, 0.2) is 0 Å². The van der Waals surface area contributed by atoms with Crippen LogP contribution in [0.15, 0.2) is 24.8 Å². The van der Waals surface area contributed by atoms with Crippen LogP contribution in [-0.2, 0) is 18.6 Å². The summed E-state index contributed by atoms with van der Waals surface area (Å²) >= 11 is 0. The number of nitrogens with one attached hydrogen (secondary N) is 1. The second kappa shape index (κ2) is 5.44. The van der Waals surface area contributed by atoms with Gasteiger partial charge in [0.2, 0.25) is 0 Å². The Hall–Kier alpha value is -1.82. The molecule has 2 aromatic heterocycles. The summed E-state index contributed by atoms with van der Waals surface area (Å²) in [5.74, 6) is 0. The van der Waals surface area contributed by atoms with Crippen molar-refractivity contribution in [3.8, 4) is 0 Å². The van der Waals surface area contributed by atoms with E-state index >= 15 is 0 Å². The lowest BCUT2D eigenvalue weighted by molar-refractivity contribution is 0.269. The van der Waals surface area contributed by atoms with Gasteiger partial charge in [-0.15, -0.1) is 0 Å². The highest BCUT2D eigenvalue weighted by Gasteiger charge is 2.13. The van der Waals surface area contributed by atoms with E-state index in [0.717, 1.165) is 11.3 Å². The number of hydrogen-bond acceptors (Lipinski definition) is 4. The molecule has 2 heterocycles. The van der Waals surface area contributed by atoms with Gasteiger partial charge in [-0.1, -0.05) is 0 Å². The summed E-state index contributed by atoms with van der Waals surface area (Å²) in [4.78, 5) is 0. The van der Waals surface area contributed by atoms with Gasteiger partial charge in [0.25, 0.3) is 0 Å². The fraction of sp³-hybridized carbons (Fsp3) is 0.538. The number of aliphatic hydroxyl groups is 1. The highest BCUT2D eigenvalue weighted by molar-refractivity contribution is 5.38. The smallest absolute Gasteiger partial charge is 0.0729 e. The van der Waals surface area contributed by atoms with Gasteiger partial charge >= 0.3 is 0 Å². The predicted octanol–water partition coefficient (Wildman–Crippen LogP) is 1.44. The van der Waals surface area contributed by atoms with E-state index in [4.69, 9.17) is 5.11 Å². The Labute approximate surface area is 113 Å². The Bertz CT molecular complexity index is 523. The van der Waals surface area contributed by atoms with Gasteiger partial charge in [-0.25, -0.2) is 0 Å². The Kier molecular flexibility index (Phi) is 3.90. The summed E-state index contributed by atoms with van der Waals surface area (Å²) in [6, 6.07) is 0. The van der Waals surface area contributed by atoms with Crippen molar-refractivity contribution in [2.24, 2.45) is 0 Å². The molecule has 0 radical (unpaired) electrons. The molecule has 104 valence electrons. The molecule has 6 nitrogen and oxygen atoms in total. The molecule has 19 heavy (non-hydrogen) atoms. The van der Waals surface area contributed by atoms with Crippen molar-refractivity contribution < 1.29 is 5.11 Å². The molecule has 2 rings (SSSR count). The molecule has 0 unspecified atom stereocenters. The zero-order valence-corrected chi connectivity index (χ0v) is 11.7. The summed E-state index contributed by atoms with van der Waals surface area (Å²) in [5.41, 5.74) is 2.08. The van der Waals surface area contributed by atoms with E-state index in [1.807, 2.05) is 23.3 Å². The first-order valence-corrected chi connectivity index (χ1v) is 6.40. The van der Waals surface area contributed by atoms with Crippen LogP contribution >= 0.6 is 0 Å². The summed E-state index contributed by atoms with van der Waals surface area (Å²) in [6.45, 7) is 7.69. The predicted molar refractivity (Wildman–Crippen MR) is 73.9 cm³/mol. The lowest BCUT2D eigenvalue weighted by atomic mass is 10.1. The first-order chi connectivity index (χ1) is 8.99. The first kappa shape index (κ1) is 13.6. The number of aliphatic hydroxyl groups excluding tert-OH is 1. The van der Waals surface area contributed by atoms with Gasteiger partial charge in [-0.3, -0.25) is 9.36 Å².